The standard InChI is InChI=1S/C13H24N4O2/c1-14-8-11-4-3-5-16(9-11)12(18)10-17-7-6-15(2)13(17)19/h11,14H,3-10H2,1-2H3. The fraction of sp³-hybridized carbons (Fsp3) is 0.846. The molecule has 0 aromatic heterocycles. The van der Waals surface area contributed by atoms with Crippen molar-refractivity contribution in [1.82, 2.24) is 20.0 Å². The first-order valence-electron chi connectivity index (χ1n) is 7.04. The Labute approximate surface area is 114 Å². The van der Waals surface area contributed by atoms with E-state index in [1.54, 1.807) is 16.8 Å². The molecule has 0 radical (unpaired) electrons. The molecule has 108 valence electrons. The SMILES string of the molecule is CNCC1CCCN(C(=O)CN2CCN(C)C2=O)C1. The lowest BCUT2D eigenvalue weighted by Crippen LogP contribution is -2.47. The number of likely N-dealkylation sites (tertiary alicyclic amines) is 1. The summed E-state index contributed by atoms with van der Waals surface area (Å²) in [4.78, 5) is 29.2. The van der Waals surface area contributed by atoms with Gasteiger partial charge in [0, 0.05) is 33.2 Å². The van der Waals surface area contributed by atoms with Gasteiger partial charge in [-0.3, -0.25) is 4.79 Å². The molecule has 2 saturated heterocycles. The highest BCUT2D eigenvalue weighted by Gasteiger charge is 2.30. The molecule has 6 heteroatoms. The maximum atomic E-state index is 12.2. The van der Waals surface area contributed by atoms with Crippen LogP contribution in [0, 0.1) is 5.92 Å². The zero-order chi connectivity index (χ0) is 13.8. The average Bonchev–Trinajstić information content (AvgIpc) is 2.71. The molecule has 0 aliphatic carbocycles. The zero-order valence-corrected chi connectivity index (χ0v) is 11.9. The van der Waals surface area contributed by atoms with E-state index in [0.29, 0.717) is 19.0 Å². The fourth-order valence-electron chi connectivity index (χ4n) is 2.86. The molecule has 0 saturated carbocycles. The molecule has 0 bridgehead atoms. The number of carbonyl (C=O) groups is 2. The molecule has 2 aliphatic heterocycles. The second-order valence-corrected chi connectivity index (χ2v) is 5.53. The van der Waals surface area contributed by atoms with Crippen molar-refractivity contribution < 1.29 is 9.59 Å². The summed E-state index contributed by atoms with van der Waals surface area (Å²) in [5, 5.41) is 3.17. The Morgan fingerprint density at radius 3 is 2.79 bits per heavy atom. The monoisotopic (exact) mass is 268 g/mol. The van der Waals surface area contributed by atoms with Gasteiger partial charge >= 0.3 is 6.03 Å². The van der Waals surface area contributed by atoms with Crippen LogP contribution in [0.15, 0.2) is 0 Å². The van der Waals surface area contributed by atoms with Crippen LogP contribution in [0.2, 0.25) is 0 Å². The number of hydrogen-bond acceptors (Lipinski definition) is 3. The molecule has 6 nitrogen and oxygen atoms in total. The third kappa shape index (κ3) is 3.37. The van der Waals surface area contributed by atoms with Gasteiger partial charge in [-0.2, -0.15) is 0 Å². The molecular weight excluding hydrogens is 244 g/mol. The highest BCUT2D eigenvalue weighted by Crippen LogP contribution is 2.16. The summed E-state index contributed by atoms with van der Waals surface area (Å²) < 4.78 is 0. The normalized spacial score (nSPS) is 24.2. The van der Waals surface area contributed by atoms with Gasteiger partial charge < -0.3 is 20.0 Å². The fourth-order valence-corrected chi connectivity index (χ4v) is 2.86. The van der Waals surface area contributed by atoms with E-state index in [0.717, 1.165) is 26.1 Å². The molecule has 0 aromatic rings. The van der Waals surface area contributed by atoms with Crippen LogP contribution in [0.4, 0.5) is 4.79 Å². The Hall–Kier alpha value is -1.30. The Kier molecular flexibility index (Phi) is 4.63. The summed E-state index contributed by atoms with van der Waals surface area (Å²) in [6.45, 7) is 4.21. The first-order valence-corrected chi connectivity index (χ1v) is 7.04. The van der Waals surface area contributed by atoms with E-state index in [1.165, 1.54) is 6.42 Å². The minimum Gasteiger partial charge on any atom is -0.341 e. The number of nitrogens with one attached hydrogen (secondary N) is 1. The number of urea groups is 1. The third-order valence-corrected chi connectivity index (χ3v) is 3.99. The van der Waals surface area contributed by atoms with Gasteiger partial charge in [-0.05, 0) is 32.4 Å². The van der Waals surface area contributed by atoms with Crippen molar-refractivity contribution in [2.24, 2.45) is 5.92 Å². The van der Waals surface area contributed by atoms with Gasteiger partial charge in [0.05, 0.1) is 0 Å². The quantitative estimate of drug-likeness (QED) is 0.769. The molecule has 2 aliphatic rings. The highest BCUT2D eigenvalue weighted by molar-refractivity contribution is 5.85. The summed E-state index contributed by atoms with van der Waals surface area (Å²) in [5.74, 6) is 0.629. The summed E-state index contributed by atoms with van der Waals surface area (Å²) in [6, 6.07) is -0.0304. The third-order valence-electron chi connectivity index (χ3n) is 3.99. The molecule has 1 unspecified atom stereocenters. The van der Waals surface area contributed by atoms with Crippen LogP contribution in [0.1, 0.15) is 12.8 Å². The van der Waals surface area contributed by atoms with E-state index in [-0.39, 0.29) is 18.5 Å². The van der Waals surface area contributed by atoms with Crippen molar-refractivity contribution in [2.75, 3.05) is 53.4 Å². The number of amides is 3. The Bertz CT molecular complexity index is 346. The topological polar surface area (TPSA) is 55.9 Å². The van der Waals surface area contributed by atoms with Gasteiger partial charge in [-0.15, -0.1) is 0 Å². The average molecular weight is 268 g/mol. The molecule has 0 aromatic carbocycles. The molecule has 0 spiro atoms. The number of rotatable bonds is 4. The van der Waals surface area contributed by atoms with Gasteiger partial charge in [0.15, 0.2) is 0 Å². The van der Waals surface area contributed by atoms with E-state index < -0.39 is 0 Å². The Morgan fingerprint density at radius 2 is 2.16 bits per heavy atom. The number of nitrogens with zero attached hydrogens (tertiary/aromatic N) is 3. The molecule has 2 rings (SSSR count). The van der Waals surface area contributed by atoms with E-state index in [1.807, 2.05) is 11.9 Å². The predicted octanol–water partition coefficient (Wildman–Crippen LogP) is -0.188. The molecule has 19 heavy (non-hydrogen) atoms. The van der Waals surface area contributed by atoms with E-state index in [2.05, 4.69) is 5.32 Å². The van der Waals surface area contributed by atoms with Crippen molar-refractivity contribution in [3.8, 4) is 0 Å². The molecule has 2 heterocycles. The summed E-state index contributed by atoms with van der Waals surface area (Å²) >= 11 is 0. The smallest absolute Gasteiger partial charge is 0.320 e. The molecule has 1 N–H and O–H groups in total. The van der Waals surface area contributed by atoms with Crippen LogP contribution in [0.5, 0.6) is 0 Å². The predicted molar refractivity (Wildman–Crippen MR) is 72.8 cm³/mol. The lowest BCUT2D eigenvalue weighted by Gasteiger charge is -2.33. The van der Waals surface area contributed by atoms with Gasteiger partial charge in [0.1, 0.15) is 6.54 Å². The van der Waals surface area contributed by atoms with Crippen molar-refractivity contribution in [2.45, 2.75) is 12.8 Å². The molecular formula is C13H24N4O2. The Balaban J connectivity index is 1.84. The molecule has 2 fully saturated rings. The zero-order valence-electron chi connectivity index (χ0n) is 11.9. The maximum Gasteiger partial charge on any atom is 0.320 e. The lowest BCUT2D eigenvalue weighted by molar-refractivity contribution is -0.133. The van der Waals surface area contributed by atoms with E-state index in [9.17, 15) is 9.59 Å². The van der Waals surface area contributed by atoms with Crippen LogP contribution < -0.4 is 5.32 Å². The number of carbonyl (C=O) groups excluding carboxylic acids is 2. The maximum absolute atomic E-state index is 12.2. The van der Waals surface area contributed by atoms with Crippen LogP contribution >= 0.6 is 0 Å². The van der Waals surface area contributed by atoms with E-state index in [4.69, 9.17) is 0 Å². The van der Waals surface area contributed by atoms with Crippen molar-refractivity contribution in [1.29, 1.82) is 0 Å². The summed E-state index contributed by atoms with van der Waals surface area (Å²) in [7, 11) is 3.72. The van der Waals surface area contributed by atoms with Crippen molar-refractivity contribution in [3.63, 3.8) is 0 Å². The van der Waals surface area contributed by atoms with Gasteiger partial charge in [0.25, 0.3) is 0 Å². The van der Waals surface area contributed by atoms with Gasteiger partial charge in [-0.1, -0.05) is 0 Å². The lowest BCUT2D eigenvalue weighted by atomic mass is 9.98. The summed E-state index contributed by atoms with van der Waals surface area (Å²) in [6.07, 6.45) is 2.24. The Morgan fingerprint density at radius 1 is 1.37 bits per heavy atom. The minimum absolute atomic E-state index is 0.0304. The minimum atomic E-state index is -0.0304. The van der Waals surface area contributed by atoms with Crippen LogP contribution in [-0.2, 0) is 4.79 Å². The van der Waals surface area contributed by atoms with Crippen molar-refractivity contribution >= 4 is 11.9 Å². The molecule has 3 amide bonds. The van der Waals surface area contributed by atoms with E-state index >= 15 is 0 Å². The number of piperidine rings is 1. The number of likely N-dealkylation sites (N-methyl/N-ethyl adjacent to an activating group) is 1. The highest BCUT2D eigenvalue weighted by atomic mass is 16.2. The number of hydrogen-bond donors (Lipinski definition) is 1. The molecule has 1 atom stereocenters. The largest absolute Gasteiger partial charge is 0.341 e. The second kappa shape index (κ2) is 6.23. The second-order valence-electron chi connectivity index (χ2n) is 5.53. The van der Waals surface area contributed by atoms with Gasteiger partial charge in [-0.25, -0.2) is 4.79 Å². The van der Waals surface area contributed by atoms with Crippen LogP contribution in [0.3, 0.4) is 0 Å². The van der Waals surface area contributed by atoms with Crippen LogP contribution in [0.25, 0.3) is 0 Å². The first kappa shape index (κ1) is 14.1. The first-order chi connectivity index (χ1) is 9.11. The summed E-state index contributed by atoms with van der Waals surface area (Å²) in [5.41, 5.74) is 0. The van der Waals surface area contributed by atoms with Crippen molar-refractivity contribution in [3.05, 3.63) is 0 Å². The van der Waals surface area contributed by atoms with Crippen LogP contribution in [-0.4, -0.2) is 80.0 Å². The van der Waals surface area contributed by atoms with Gasteiger partial charge in [0.2, 0.25) is 5.91 Å².